The third-order valence-electron chi connectivity index (χ3n) is 3.64. The predicted octanol–water partition coefficient (Wildman–Crippen LogP) is 4.74. The van der Waals surface area contributed by atoms with Crippen molar-refractivity contribution in [3.63, 3.8) is 0 Å². The number of rotatable bonds is 5. The standard InChI is InChI=1S/C20H20F3N5O/c1-19(2,3)29-17-10-13(4-9-25-17)12-26-16-11-15(20(21,22)23)27-18(28-16)14-5-7-24-8-6-14/h4-11H,12H2,1-3H3,(H,26,27,28). The third kappa shape index (κ3) is 5.87. The fourth-order valence-electron chi connectivity index (χ4n) is 2.44. The normalized spacial score (nSPS) is 11.9. The molecule has 3 aromatic heterocycles. The average Bonchev–Trinajstić information content (AvgIpc) is 2.65. The molecule has 0 aliphatic rings. The van der Waals surface area contributed by atoms with Gasteiger partial charge in [-0.1, -0.05) is 0 Å². The van der Waals surface area contributed by atoms with Crippen LogP contribution in [-0.2, 0) is 12.7 Å². The van der Waals surface area contributed by atoms with Crippen molar-refractivity contribution >= 4 is 5.82 Å². The van der Waals surface area contributed by atoms with Gasteiger partial charge in [0.1, 0.15) is 11.4 Å². The van der Waals surface area contributed by atoms with E-state index in [2.05, 4.69) is 25.3 Å². The molecule has 0 spiro atoms. The molecule has 3 heterocycles. The van der Waals surface area contributed by atoms with Crippen LogP contribution in [0.2, 0.25) is 0 Å². The fraction of sp³-hybridized carbons (Fsp3) is 0.300. The van der Waals surface area contributed by atoms with Crippen LogP contribution in [0.5, 0.6) is 5.88 Å². The average molecular weight is 403 g/mol. The summed E-state index contributed by atoms with van der Waals surface area (Å²) in [6.45, 7) is 5.95. The number of halogens is 3. The topological polar surface area (TPSA) is 72.8 Å². The number of anilines is 1. The van der Waals surface area contributed by atoms with Crippen LogP contribution in [0.15, 0.2) is 48.9 Å². The zero-order valence-electron chi connectivity index (χ0n) is 16.2. The van der Waals surface area contributed by atoms with Crippen molar-refractivity contribution < 1.29 is 17.9 Å². The van der Waals surface area contributed by atoms with Gasteiger partial charge in [0.15, 0.2) is 11.5 Å². The van der Waals surface area contributed by atoms with E-state index in [4.69, 9.17) is 4.74 Å². The quantitative estimate of drug-likeness (QED) is 0.663. The molecule has 3 aromatic rings. The molecule has 0 saturated carbocycles. The lowest BCUT2D eigenvalue weighted by molar-refractivity contribution is -0.141. The molecular formula is C20H20F3N5O. The number of ether oxygens (including phenoxy) is 1. The monoisotopic (exact) mass is 403 g/mol. The van der Waals surface area contributed by atoms with Crippen molar-refractivity contribution in [2.45, 2.75) is 39.1 Å². The Balaban J connectivity index is 1.85. The molecule has 0 aliphatic carbocycles. The van der Waals surface area contributed by atoms with Crippen molar-refractivity contribution in [3.05, 3.63) is 60.2 Å². The zero-order valence-corrected chi connectivity index (χ0v) is 16.2. The number of aromatic nitrogens is 4. The Bertz CT molecular complexity index is 972. The predicted molar refractivity (Wildman–Crippen MR) is 102 cm³/mol. The van der Waals surface area contributed by atoms with Gasteiger partial charge in [0.2, 0.25) is 5.88 Å². The SMILES string of the molecule is CC(C)(C)Oc1cc(CNc2cc(C(F)(F)F)nc(-c3ccncc3)n2)ccn1. The zero-order chi connectivity index (χ0) is 21.1. The second kappa shape index (κ2) is 8.02. The summed E-state index contributed by atoms with van der Waals surface area (Å²) < 4.78 is 45.6. The van der Waals surface area contributed by atoms with E-state index in [0.29, 0.717) is 11.4 Å². The first-order valence-corrected chi connectivity index (χ1v) is 8.85. The lowest BCUT2D eigenvalue weighted by Crippen LogP contribution is -2.23. The Labute approximate surface area is 166 Å². The van der Waals surface area contributed by atoms with E-state index < -0.39 is 17.5 Å². The van der Waals surface area contributed by atoms with Crippen LogP contribution in [-0.4, -0.2) is 25.5 Å². The van der Waals surface area contributed by atoms with E-state index in [-0.39, 0.29) is 18.2 Å². The number of hydrogen-bond acceptors (Lipinski definition) is 6. The largest absolute Gasteiger partial charge is 0.472 e. The highest BCUT2D eigenvalue weighted by Crippen LogP contribution is 2.30. The fourth-order valence-corrected chi connectivity index (χ4v) is 2.44. The van der Waals surface area contributed by atoms with Gasteiger partial charge in [-0.15, -0.1) is 0 Å². The summed E-state index contributed by atoms with van der Waals surface area (Å²) in [5, 5.41) is 2.92. The number of pyridine rings is 2. The van der Waals surface area contributed by atoms with Crippen LogP contribution < -0.4 is 10.1 Å². The number of hydrogen-bond donors (Lipinski definition) is 1. The maximum atomic E-state index is 13.3. The molecule has 0 amide bonds. The van der Waals surface area contributed by atoms with Gasteiger partial charge in [-0.25, -0.2) is 15.0 Å². The molecule has 0 fully saturated rings. The van der Waals surface area contributed by atoms with Gasteiger partial charge >= 0.3 is 6.18 Å². The molecule has 0 aromatic carbocycles. The summed E-state index contributed by atoms with van der Waals surface area (Å²) in [5.74, 6) is 0.471. The number of nitrogens with zero attached hydrogens (tertiary/aromatic N) is 4. The van der Waals surface area contributed by atoms with Crippen LogP contribution in [0.4, 0.5) is 19.0 Å². The van der Waals surface area contributed by atoms with Crippen molar-refractivity contribution in [3.8, 4) is 17.3 Å². The highest BCUT2D eigenvalue weighted by Gasteiger charge is 2.33. The van der Waals surface area contributed by atoms with Crippen molar-refractivity contribution in [2.24, 2.45) is 0 Å². The van der Waals surface area contributed by atoms with Gasteiger partial charge in [-0.2, -0.15) is 13.2 Å². The first kappa shape index (κ1) is 20.5. The lowest BCUT2D eigenvalue weighted by atomic mass is 10.2. The van der Waals surface area contributed by atoms with E-state index in [1.165, 1.54) is 12.4 Å². The van der Waals surface area contributed by atoms with Gasteiger partial charge in [-0.05, 0) is 44.5 Å². The summed E-state index contributed by atoms with van der Waals surface area (Å²) in [4.78, 5) is 15.9. The Hall–Kier alpha value is -3.23. The molecule has 9 heteroatoms. The van der Waals surface area contributed by atoms with Crippen LogP contribution in [0, 0.1) is 0 Å². The van der Waals surface area contributed by atoms with Crippen molar-refractivity contribution in [1.82, 2.24) is 19.9 Å². The molecule has 152 valence electrons. The minimum Gasteiger partial charge on any atom is -0.472 e. The van der Waals surface area contributed by atoms with Crippen LogP contribution in [0.25, 0.3) is 11.4 Å². The van der Waals surface area contributed by atoms with Crippen molar-refractivity contribution in [1.29, 1.82) is 0 Å². The van der Waals surface area contributed by atoms with E-state index in [0.717, 1.165) is 11.6 Å². The van der Waals surface area contributed by atoms with Gasteiger partial charge in [0.25, 0.3) is 0 Å². The van der Waals surface area contributed by atoms with Gasteiger partial charge < -0.3 is 10.1 Å². The van der Waals surface area contributed by atoms with E-state index in [1.807, 2.05) is 20.8 Å². The second-order valence-corrected chi connectivity index (χ2v) is 7.27. The van der Waals surface area contributed by atoms with Gasteiger partial charge in [-0.3, -0.25) is 4.98 Å². The third-order valence-corrected chi connectivity index (χ3v) is 3.64. The molecular weight excluding hydrogens is 383 g/mol. The molecule has 1 N–H and O–H groups in total. The Morgan fingerprint density at radius 2 is 1.69 bits per heavy atom. The highest BCUT2D eigenvalue weighted by atomic mass is 19.4. The highest BCUT2D eigenvalue weighted by molar-refractivity contribution is 5.57. The maximum Gasteiger partial charge on any atom is 0.433 e. The van der Waals surface area contributed by atoms with Crippen LogP contribution in [0.3, 0.4) is 0 Å². The molecule has 0 atom stereocenters. The summed E-state index contributed by atoms with van der Waals surface area (Å²) >= 11 is 0. The van der Waals surface area contributed by atoms with E-state index in [1.54, 1.807) is 30.5 Å². The second-order valence-electron chi connectivity index (χ2n) is 7.27. The number of alkyl halides is 3. The summed E-state index contributed by atoms with van der Waals surface area (Å²) in [6.07, 6.45) is -0.0628. The molecule has 0 saturated heterocycles. The Kier molecular flexibility index (Phi) is 5.67. The molecule has 0 unspecified atom stereocenters. The Morgan fingerprint density at radius 3 is 2.34 bits per heavy atom. The molecule has 6 nitrogen and oxygen atoms in total. The Morgan fingerprint density at radius 1 is 0.966 bits per heavy atom. The first-order chi connectivity index (χ1) is 13.6. The van der Waals surface area contributed by atoms with Crippen LogP contribution >= 0.6 is 0 Å². The van der Waals surface area contributed by atoms with Gasteiger partial charge in [0.05, 0.1) is 0 Å². The van der Waals surface area contributed by atoms with E-state index >= 15 is 0 Å². The smallest absolute Gasteiger partial charge is 0.433 e. The molecule has 29 heavy (non-hydrogen) atoms. The summed E-state index contributed by atoms with van der Waals surface area (Å²) in [5.41, 5.74) is -0.198. The molecule has 0 bridgehead atoms. The minimum atomic E-state index is -4.59. The van der Waals surface area contributed by atoms with Crippen molar-refractivity contribution in [2.75, 3.05) is 5.32 Å². The van der Waals surface area contributed by atoms with E-state index in [9.17, 15) is 13.2 Å². The first-order valence-electron chi connectivity index (χ1n) is 8.85. The minimum absolute atomic E-state index is 0.0313. The molecule has 0 radical (unpaired) electrons. The number of nitrogens with one attached hydrogen (secondary N) is 1. The summed E-state index contributed by atoms with van der Waals surface area (Å²) in [6, 6.07) is 7.47. The molecule has 3 rings (SSSR count). The van der Waals surface area contributed by atoms with Gasteiger partial charge in [0, 0.05) is 42.8 Å². The van der Waals surface area contributed by atoms with Crippen LogP contribution in [0.1, 0.15) is 32.0 Å². The molecule has 0 aliphatic heterocycles. The lowest BCUT2D eigenvalue weighted by Gasteiger charge is -2.20. The summed E-state index contributed by atoms with van der Waals surface area (Å²) in [7, 11) is 0. The maximum absolute atomic E-state index is 13.3.